The molecule has 0 amide bonds. The van der Waals surface area contributed by atoms with Crippen LogP contribution in [0.4, 0.5) is 0 Å². The molecule has 0 aromatic heterocycles. The van der Waals surface area contributed by atoms with Crippen molar-refractivity contribution in [3.63, 3.8) is 0 Å². The predicted molar refractivity (Wildman–Crippen MR) is 76.0 cm³/mol. The zero-order chi connectivity index (χ0) is 13.4. The SMILES string of the molecule is Cc1ccc(Br)cc1S(=O)(=O)NCC1(C)CCC1. The highest BCUT2D eigenvalue weighted by molar-refractivity contribution is 9.10. The van der Waals surface area contributed by atoms with Gasteiger partial charge in [-0.1, -0.05) is 35.3 Å². The summed E-state index contributed by atoms with van der Waals surface area (Å²) in [6, 6.07) is 5.31. The zero-order valence-corrected chi connectivity index (χ0v) is 13.1. The Hall–Kier alpha value is -0.390. The maximum absolute atomic E-state index is 12.3. The molecule has 3 nitrogen and oxygen atoms in total. The summed E-state index contributed by atoms with van der Waals surface area (Å²) in [5.41, 5.74) is 0.914. The number of hydrogen-bond acceptors (Lipinski definition) is 2. The van der Waals surface area contributed by atoms with Crippen molar-refractivity contribution in [3.05, 3.63) is 28.2 Å². The van der Waals surface area contributed by atoms with Crippen LogP contribution in [0.15, 0.2) is 27.6 Å². The van der Waals surface area contributed by atoms with E-state index in [1.807, 2.05) is 19.1 Å². The summed E-state index contributed by atoms with van der Waals surface area (Å²) in [4.78, 5) is 0.361. The molecule has 0 radical (unpaired) electrons. The van der Waals surface area contributed by atoms with Crippen molar-refractivity contribution in [2.75, 3.05) is 6.54 Å². The van der Waals surface area contributed by atoms with Gasteiger partial charge in [0.1, 0.15) is 0 Å². The lowest BCUT2D eigenvalue weighted by atomic mass is 9.71. The van der Waals surface area contributed by atoms with E-state index in [1.54, 1.807) is 6.07 Å². The third-order valence-electron chi connectivity index (χ3n) is 3.69. The van der Waals surface area contributed by atoms with Crippen molar-refractivity contribution in [2.45, 2.75) is 38.0 Å². The minimum absolute atomic E-state index is 0.146. The number of benzene rings is 1. The lowest BCUT2D eigenvalue weighted by Gasteiger charge is -2.38. The topological polar surface area (TPSA) is 46.2 Å². The van der Waals surface area contributed by atoms with Crippen LogP contribution in [-0.4, -0.2) is 15.0 Å². The Morgan fingerprint density at radius 2 is 2.06 bits per heavy atom. The first-order chi connectivity index (χ1) is 8.32. The third kappa shape index (κ3) is 2.95. The molecule has 18 heavy (non-hydrogen) atoms. The van der Waals surface area contributed by atoms with Gasteiger partial charge >= 0.3 is 0 Å². The average molecular weight is 332 g/mol. The molecule has 1 fully saturated rings. The average Bonchev–Trinajstić information content (AvgIpc) is 2.27. The lowest BCUT2D eigenvalue weighted by Crippen LogP contribution is -2.40. The minimum Gasteiger partial charge on any atom is -0.211 e. The van der Waals surface area contributed by atoms with Gasteiger partial charge in [-0.2, -0.15) is 0 Å². The van der Waals surface area contributed by atoms with Gasteiger partial charge in [-0.15, -0.1) is 0 Å². The van der Waals surface area contributed by atoms with E-state index >= 15 is 0 Å². The summed E-state index contributed by atoms with van der Waals surface area (Å²) in [6.45, 7) is 4.47. The normalized spacial score (nSPS) is 18.4. The number of rotatable bonds is 4. The summed E-state index contributed by atoms with van der Waals surface area (Å²) >= 11 is 3.31. The van der Waals surface area contributed by atoms with Crippen LogP contribution in [0, 0.1) is 12.3 Å². The molecule has 0 unspecified atom stereocenters. The van der Waals surface area contributed by atoms with Gasteiger partial charge in [0.2, 0.25) is 10.0 Å². The molecule has 1 aliphatic carbocycles. The van der Waals surface area contributed by atoms with Crippen LogP contribution >= 0.6 is 15.9 Å². The van der Waals surface area contributed by atoms with Gasteiger partial charge in [-0.25, -0.2) is 13.1 Å². The van der Waals surface area contributed by atoms with Crippen molar-refractivity contribution in [1.82, 2.24) is 4.72 Å². The molecule has 1 N–H and O–H groups in total. The predicted octanol–water partition coefficient (Wildman–Crippen LogP) is 3.23. The van der Waals surface area contributed by atoms with E-state index in [2.05, 4.69) is 27.6 Å². The van der Waals surface area contributed by atoms with Gasteiger partial charge in [-0.05, 0) is 42.9 Å². The standard InChI is InChI=1S/C13H18BrNO2S/c1-10-4-5-11(14)8-12(10)18(16,17)15-9-13(2)6-3-7-13/h4-5,8,15H,3,6-7,9H2,1-2H3. The third-order valence-corrected chi connectivity index (χ3v) is 5.73. The highest BCUT2D eigenvalue weighted by atomic mass is 79.9. The largest absolute Gasteiger partial charge is 0.240 e. The molecule has 1 aromatic carbocycles. The van der Waals surface area contributed by atoms with Crippen LogP contribution in [0.5, 0.6) is 0 Å². The van der Waals surface area contributed by atoms with Gasteiger partial charge in [0.25, 0.3) is 0 Å². The molecule has 0 saturated heterocycles. The van der Waals surface area contributed by atoms with Crippen molar-refractivity contribution in [2.24, 2.45) is 5.41 Å². The van der Waals surface area contributed by atoms with E-state index in [9.17, 15) is 8.42 Å². The highest BCUT2D eigenvalue weighted by Crippen LogP contribution is 2.39. The van der Waals surface area contributed by atoms with Gasteiger partial charge in [0.05, 0.1) is 4.90 Å². The Morgan fingerprint density at radius 1 is 1.39 bits per heavy atom. The summed E-state index contributed by atoms with van der Waals surface area (Å²) in [5, 5.41) is 0. The van der Waals surface area contributed by atoms with Gasteiger partial charge < -0.3 is 0 Å². The summed E-state index contributed by atoms with van der Waals surface area (Å²) < 4.78 is 28.0. The molecule has 2 rings (SSSR count). The van der Waals surface area contributed by atoms with Crippen molar-refractivity contribution in [3.8, 4) is 0 Å². The Morgan fingerprint density at radius 3 is 2.61 bits per heavy atom. The lowest BCUT2D eigenvalue weighted by molar-refractivity contribution is 0.166. The van der Waals surface area contributed by atoms with E-state index in [1.165, 1.54) is 6.42 Å². The molecular weight excluding hydrogens is 314 g/mol. The fourth-order valence-electron chi connectivity index (χ4n) is 2.17. The summed E-state index contributed by atoms with van der Waals surface area (Å²) in [6.07, 6.45) is 3.41. The quantitative estimate of drug-likeness (QED) is 0.920. The van der Waals surface area contributed by atoms with E-state index in [-0.39, 0.29) is 5.41 Å². The van der Waals surface area contributed by atoms with Crippen LogP contribution in [-0.2, 0) is 10.0 Å². The first kappa shape index (κ1) is 14.0. The summed E-state index contributed by atoms with van der Waals surface area (Å²) in [5.74, 6) is 0. The fraction of sp³-hybridized carbons (Fsp3) is 0.538. The zero-order valence-electron chi connectivity index (χ0n) is 10.7. The van der Waals surface area contributed by atoms with E-state index < -0.39 is 10.0 Å². The molecule has 100 valence electrons. The molecule has 0 aliphatic heterocycles. The molecule has 5 heteroatoms. The van der Waals surface area contributed by atoms with Crippen molar-refractivity contribution >= 4 is 26.0 Å². The molecule has 1 aliphatic rings. The van der Waals surface area contributed by atoms with Crippen LogP contribution in [0.25, 0.3) is 0 Å². The number of aryl methyl sites for hydroxylation is 1. The number of hydrogen-bond donors (Lipinski definition) is 1. The van der Waals surface area contributed by atoms with Gasteiger partial charge in [0.15, 0.2) is 0 Å². The van der Waals surface area contributed by atoms with Crippen LogP contribution in [0.2, 0.25) is 0 Å². The molecule has 0 atom stereocenters. The van der Waals surface area contributed by atoms with Gasteiger partial charge in [0, 0.05) is 11.0 Å². The number of nitrogens with one attached hydrogen (secondary N) is 1. The molecule has 0 bridgehead atoms. The van der Waals surface area contributed by atoms with E-state index in [0.29, 0.717) is 11.4 Å². The molecule has 0 heterocycles. The Labute approximate surface area is 117 Å². The minimum atomic E-state index is -3.40. The smallest absolute Gasteiger partial charge is 0.211 e. The Balaban J connectivity index is 2.17. The molecule has 1 saturated carbocycles. The summed E-state index contributed by atoms with van der Waals surface area (Å²) in [7, 11) is -3.40. The molecule has 1 aromatic rings. The maximum Gasteiger partial charge on any atom is 0.240 e. The first-order valence-electron chi connectivity index (χ1n) is 6.08. The van der Waals surface area contributed by atoms with Crippen LogP contribution in [0.1, 0.15) is 31.7 Å². The van der Waals surface area contributed by atoms with Crippen molar-refractivity contribution < 1.29 is 8.42 Å². The van der Waals surface area contributed by atoms with E-state index in [0.717, 1.165) is 22.9 Å². The fourth-order valence-corrected chi connectivity index (χ4v) is 4.15. The molecular formula is C13H18BrNO2S. The highest BCUT2D eigenvalue weighted by Gasteiger charge is 2.33. The monoisotopic (exact) mass is 331 g/mol. The van der Waals surface area contributed by atoms with Crippen molar-refractivity contribution in [1.29, 1.82) is 0 Å². The first-order valence-corrected chi connectivity index (χ1v) is 8.36. The number of sulfonamides is 1. The second-order valence-electron chi connectivity index (χ2n) is 5.40. The van der Waals surface area contributed by atoms with Crippen LogP contribution in [0.3, 0.4) is 0 Å². The van der Waals surface area contributed by atoms with Gasteiger partial charge in [-0.3, -0.25) is 0 Å². The van der Waals surface area contributed by atoms with E-state index in [4.69, 9.17) is 0 Å². The Bertz CT molecular complexity index is 550. The Kier molecular flexibility index (Phi) is 3.85. The second-order valence-corrected chi connectivity index (χ2v) is 8.05. The molecule has 0 spiro atoms. The second kappa shape index (κ2) is 4.94. The maximum atomic E-state index is 12.3. The van der Waals surface area contributed by atoms with Crippen LogP contribution < -0.4 is 4.72 Å². The number of halogens is 1.